The fraction of sp³-hybridized carbons (Fsp3) is 0.545. The lowest BCUT2D eigenvalue weighted by atomic mass is 9.88. The minimum Gasteiger partial charge on any atom is -0.493 e. The van der Waals surface area contributed by atoms with Gasteiger partial charge in [0.1, 0.15) is 5.69 Å². The van der Waals surface area contributed by atoms with E-state index in [0.717, 1.165) is 42.0 Å². The van der Waals surface area contributed by atoms with Crippen LogP contribution in [0.5, 0.6) is 5.75 Å². The smallest absolute Gasteiger partial charge is 0.223 e. The van der Waals surface area contributed by atoms with Crippen LogP contribution < -0.4 is 15.4 Å². The predicted octanol–water partition coefficient (Wildman–Crippen LogP) is 4.37. The van der Waals surface area contributed by atoms with Crippen LogP contribution in [-0.2, 0) is 6.42 Å². The van der Waals surface area contributed by atoms with Gasteiger partial charge in [-0.05, 0) is 59.1 Å². The first-order valence-electron chi connectivity index (χ1n) is 10.00. The Morgan fingerprint density at radius 2 is 2.17 bits per heavy atom. The Morgan fingerprint density at radius 1 is 1.41 bits per heavy atom. The summed E-state index contributed by atoms with van der Waals surface area (Å²) in [7, 11) is 1.64. The van der Waals surface area contributed by atoms with E-state index in [1.165, 1.54) is 4.88 Å². The molecular formula is C22H32N4O2S. The highest BCUT2D eigenvalue weighted by atomic mass is 32.1. The third-order valence-corrected chi connectivity index (χ3v) is 6.10. The highest BCUT2D eigenvalue weighted by molar-refractivity contribution is 7.15. The summed E-state index contributed by atoms with van der Waals surface area (Å²) < 4.78 is 5.51. The maximum Gasteiger partial charge on any atom is 0.223 e. The number of aryl methyl sites for hydroxylation is 1. The summed E-state index contributed by atoms with van der Waals surface area (Å²) in [4.78, 5) is 11.5. The number of methoxy groups -OCH3 is 1. The molecule has 0 spiro atoms. The maximum absolute atomic E-state index is 9.98. The molecule has 1 unspecified atom stereocenters. The van der Waals surface area contributed by atoms with E-state index in [1.54, 1.807) is 24.6 Å². The summed E-state index contributed by atoms with van der Waals surface area (Å²) in [5, 5.41) is 16.9. The first-order valence-corrected chi connectivity index (χ1v) is 10.8. The van der Waals surface area contributed by atoms with Crippen LogP contribution in [0.1, 0.15) is 51.8 Å². The summed E-state index contributed by atoms with van der Waals surface area (Å²) in [5.74, 6) is 1.25. The fourth-order valence-electron chi connectivity index (χ4n) is 3.69. The van der Waals surface area contributed by atoms with Gasteiger partial charge in [-0.2, -0.15) is 0 Å². The van der Waals surface area contributed by atoms with Gasteiger partial charge in [0.15, 0.2) is 5.75 Å². The van der Waals surface area contributed by atoms with Crippen LogP contribution in [0.2, 0.25) is 0 Å². The number of aliphatic hydroxyl groups is 1. The molecule has 3 rings (SSSR count). The Hall–Kier alpha value is -2.12. The number of hydrogen-bond acceptors (Lipinski definition) is 7. The average molecular weight is 417 g/mol. The van der Waals surface area contributed by atoms with Crippen LogP contribution >= 0.6 is 11.3 Å². The third kappa shape index (κ3) is 5.93. The fourth-order valence-corrected chi connectivity index (χ4v) is 4.69. The molecule has 1 atom stereocenters. The standard InChI is InChI=1S/C22H32N4O2S/c1-14-11-15(12-21(2,3)26-14)24-20-23-13-17(28-6)19(25-20)18-8-7-16(29-18)9-10-22(4,5)27/h7-8,13,15,26-27H,1,9-12H2,2-6H3,(H,23,24,25). The Morgan fingerprint density at radius 3 is 2.83 bits per heavy atom. The van der Waals surface area contributed by atoms with Crippen molar-refractivity contribution in [1.82, 2.24) is 15.3 Å². The maximum atomic E-state index is 9.98. The number of nitrogens with zero attached hydrogens (tertiary/aromatic N) is 2. The van der Waals surface area contributed by atoms with Crippen LogP contribution in [0.25, 0.3) is 10.6 Å². The van der Waals surface area contributed by atoms with E-state index in [4.69, 9.17) is 9.72 Å². The molecule has 29 heavy (non-hydrogen) atoms. The zero-order valence-corrected chi connectivity index (χ0v) is 18.8. The Balaban J connectivity index is 1.79. The number of thiophene rings is 1. The van der Waals surface area contributed by atoms with Crippen molar-refractivity contribution in [2.24, 2.45) is 0 Å². The minimum absolute atomic E-state index is 0.00850. The van der Waals surface area contributed by atoms with Crippen molar-refractivity contribution in [3.63, 3.8) is 0 Å². The molecule has 0 radical (unpaired) electrons. The molecule has 2 aromatic heterocycles. The van der Waals surface area contributed by atoms with E-state index >= 15 is 0 Å². The van der Waals surface area contributed by atoms with Gasteiger partial charge in [-0.15, -0.1) is 11.3 Å². The predicted molar refractivity (Wildman–Crippen MR) is 120 cm³/mol. The highest BCUT2D eigenvalue weighted by Crippen LogP contribution is 2.35. The molecule has 0 bridgehead atoms. The van der Waals surface area contributed by atoms with Gasteiger partial charge in [-0.3, -0.25) is 0 Å². The lowest BCUT2D eigenvalue weighted by Gasteiger charge is -2.38. The van der Waals surface area contributed by atoms with Crippen LogP contribution in [0.3, 0.4) is 0 Å². The molecule has 1 saturated heterocycles. The van der Waals surface area contributed by atoms with Gasteiger partial charge in [0, 0.05) is 28.6 Å². The average Bonchev–Trinajstić information content (AvgIpc) is 3.06. The number of anilines is 1. The summed E-state index contributed by atoms with van der Waals surface area (Å²) in [6.07, 6.45) is 5.07. The summed E-state index contributed by atoms with van der Waals surface area (Å²) in [6, 6.07) is 4.39. The lowest BCUT2D eigenvalue weighted by molar-refractivity contribution is 0.0716. The summed E-state index contributed by atoms with van der Waals surface area (Å²) in [5.41, 5.74) is 1.14. The summed E-state index contributed by atoms with van der Waals surface area (Å²) in [6.45, 7) is 12.1. The molecule has 1 fully saturated rings. The molecule has 2 aromatic rings. The van der Waals surface area contributed by atoms with Gasteiger partial charge >= 0.3 is 0 Å². The Labute approximate surface area is 177 Å². The van der Waals surface area contributed by atoms with E-state index in [-0.39, 0.29) is 11.6 Å². The van der Waals surface area contributed by atoms with Crippen molar-refractivity contribution in [2.75, 3.05) is 12.4 Å². The molecule has 3 heterocycles. The highest BCUT2D eigenvalue weighted by Gasteiger charge is 2.29. The van der Waals surface area contributed by atoms with Crippen molar-refractivity contribution in [3.05, 3.63) is 35.5 Å². The number of ether oxygens (including phenoxy) is 1. The number of aromatic nitrogens is 2. The number of piperidine rings is 1. The molecule has 1 aliphatic heterocycles. The van der Waals surface area contributed by atoms with Gasteiger partial charge in [0.05, 0.1) is 23.8 Å². The third-order valence-electron chi connectivity index (χ3n) is 4.95. The zero-order chi connectivity index (χ0) is 21.2. The minimum atomic E-state index is -0.666. The molecule has 6 nitrogen and oxygen atoms in total. The van der Waals surface area contributed by atoms with Crippen LogP contribution in [0, 0.1) is 0 Å². The molecule has 7 heteroatoms. The van der Waals surface area contributed by atoms with Crippen molar-refractivity contribution < 1.29 is 9.84 Å². The molecular weight excluding hydrogens is 384 g/mol. The van der Waals surface area contributed by atoms with E-state index in [1.807, 2.05) is 13.8 Å². The molecule has 3 N–H and O–H groups in total. The molecule has 1 aliphatic rings. The van der Waals surface area contributed by atoms with E-state index < -0.39 is 5.60 Å². The molecule has 0 saturated carbocycles. The first-order chi connectivity index (χ1) is 13.5. The normalized spacial score (nSPS) is 19.0. The topological polar surface area (TPSA) is 79.3 Å². The molecule has 158 valence electrons. The van der Waals surface area contributed by atoms with Crippen molar-refractivity contribution in [2.45, 2.75) is 70.6 Å². The number of rotatable bonds is 7. The van der Waals surface area contributed by atoms with Gasteiger partial charge in [0.25, 0.3) is 0 Å². The van der Waals surface area contributed by atoms with E-state index in [9.17, 15) is 5.11 Å². The van der Waals surface area contributed by atoms with Crippen LogP contribution in [0.4, 0.5) is 5.95 Å². The van der Waals surface area contributed by atoms with Crippen molar-refractivity contribution in [3.8, 4) is 16.3 Å². The van der Waals surface area contributed by atoms with Crippen molar-refractivity contribution in [1.29, 1.82) is 0 Å². The quantitative estimate of drug-likeness (QED) is 0.622. The van der Waals surface area contributed by atoms with E-state index in [2.05, 4.69) is 48.2 Å². The van der Waals surface area contributed by atoms with Crippen molar-refractivity contribution >= 4 is 17.3 Å². The van der Waals surface area contributed by atoms with E-state index in [0.29, 0.717) is 11.7 Å². The molecule has 0 aliphatic carbocycles. The molecule has 0 amide bonds. The molecule has 0 aromatic carbocycles. The van der Waals surface area contributed by atoms with Gasteiger partial charge < -0.3 is 20.5 Å². The number of nitrogens with one attached hydrogen (secondary N) is 2. The number of hydrogen-bond donors (Lipinski definition) is 3. The second-order valence-electron chi connectivity index (χ2n) is 9.05. The Bertz CT molecular complexity index is 870. The Kier molecular flexibility index (Phi) is 6.19. The SMILES string of the molecule is C=C1CC(Nc2ncc(OC)c(-c3ccc(CCC(C)(C)O)s3)n2)CC(C)(C)N1. The second-order valence-corrected chi connectivity index (χ2v) is 10.2. The lowest BCUT2D eigenvalue weighted by Crippen LogP contribution is -2.48. The van der Waals surface area contributed by atoms with Gasteiger partial charge in [-0.25, -0.2) is 9.97 Å². The largest absolute Gasteiger partial charge is 0.493 e. The zero-order valence-electron chi connectivity index (χ0n) is 18.0. The van der Waals surface area contributed by atoms with Gasteiger partial charge in [-0.1, -0.05) is 6.58 Å². The monoisotopic (exact) mass is 416 g/mol. The summed E-state index contributed by atoms with van der Waals surface area (Å²) >= 11 is 1.68. The second kappa shape index (κ2) is 8.32. The van der Waals surface area contributed by atoms with Crippen LogP contribution in [0.15, 0.2) is 30.6 Å². The van der Waals surface area contributed by atoms with Gasteiger partial charge in [0.2, 0.25) is 5.95 Å². The van der Waals surface area contributed by atoms with Crippen LogP contribution in [-0.4, -0.2) is 39.4 Å². The first kappa shape index (κ1) is 21.6.